The summed E-state index contributed by atoms with van der Waals surface area (Å²) >= 11 is 3.47. The van der Waals surface area contributed by atoms with E-state index in [2.05, 4.69) is 64.2 Å². The number of aryl methyl sites for hydroxylation is 2. The van der Waals surface area contributed by atoms with Gasteiger partial charge in [-0.25, -0.2) is 0 Å². The second-order valence-electron chi connectivity index (χ2n) is 5.53. The van der Waals surface area contributed by atoms with E-state index in [1.165, 1.54) is 11.1 Å². The van der Waals surface area contributed by atoms with Gasteiger partial charge in [0.15, 0.2) is 0 Å². The van der Waals surface area contributed by atoms with Crippen molar-refractivity contribution in [1.82, 2.24) is 10.2 Å². The molecule has 0 N–H and O–H groups in total. The molecule has 0 spiro atoms. The lowest BCUT2D eigenvalue weighted by Crippen LogP contribution is -1.87. The Morgan fingerprint density at radius 1 is 1.04 bits per heavy atom. The van der Waals surface area contributed by atoms with Gasteiger partial charge < -0.3 is 4.42 Å². The molecule has 2 aromatic carbocycles. The quantitative estimate of drug-likeness (QED) is 0.634. The molecule has 0 bridgehead atoms. The van der Waals surface area contributed by atoms with Gasteiger partial charge in [0.25, 0.3) is 0 Å². The van der Waals surface area contributed by atoms with Gasteiger partial charge in [0.05, 0.1) is 6.42 Å². The second kappa shape index (κ2) is 6.92. The zero-order valence-corrected chi connectivity index (χ0v) is 14.7. The Morgan fingerprint density at radius 2 is 1.91 bits per heavy atom. The van der Waals surface area contributed by atoms with Crippen molar-refractivity contribution in [1.29, 1.82) is 0 Å². The van der Waals surface area contributed by atoms with Gasteiger partial charge in [0.2, 0.25) is 11.8 Å². The van der Waals surface area contributed by atoms with Crippen LogP contribution >= 0.6 is 15.9 Å². The van der Waals surface area contributed by atoms with Crippen LogP contribution in [0.1, 0.15) is 34.0 Å². The Balaban J connectivity index is 1.73. The molecule has 0 fully saturated rings. The van der Waals surface area contributed by atoms with Gasteiger partial charge in [-0.3, -0.25) is 0 Å². The Hall–Kier alpha value is -2.20. The van der Waals surface area contributed by atoms with Gasteiger partial charge in [-0.05, 0) is 48.7 Å². The third-order valence-corrected chi connectivity index (χ3v) is 4.05. The number of hydrogen-bond acceptors (Lipinski definition) is 3. The fourth-order valence-corrected chi connectivity index (χ4v) is 2.85. The van der Waals surface area contributed by atoms with Gasteiger partial charge in [0, 0.05) is 10.5 Å². The van der Waals surface area contributed by atoms with Crippen LogP contribution in [-0.4, -0.2) is 10.2 Å². The minimum absolute atomic E-state index is 0.523. The summed E-state index contributed by atoms with van der Waals surface area (Å²) in [5.74, 6) is 1.14. The largest absolute Gasteiger partial charge is 0.421 e. The summed E-state index contributed by atoms with van der Waals surface area (Å²) in [6.07, 6.45) is 4.49. The molecule has 1 heterocycles. The lowest BCUT2D eigenvalue weighted by Gasteiger charge is -2.00. The predicted molar refractivity (Wildman–Crippen MR) is 96.1 cm³/mol. The van der Waals surface area contributed by atoms with Crippen molar-refractivity contribution in [2.75, 3.05) is 0 Å². The molecule has 0 unspecified atom stereocenters. The molecule has 0 saturated heterocycles. The Bertz CT molecular complexity index is 852. The Kier molecular flexibility index (Phi) is 4.72. The molecule has 0 aliphatic rings. The molecular formula is C19H17BrN2O. The number of benzene rings is 2. The highest BCUT2D eigenvalue weighted by Gasteiger charge is 2.05. The molecule has 0 atom stereocenters. The van der Waals surface area contributed by atoms with E-state index in [9.17, 15) is 0 Å². The maximum atomic E-state index is 5.69. The van der Waals surface area contributed by atoms with Crippen molar-refractivity contribution in [2.45, 2.75) is 20.3 Å². The van der Waals surface area contributed by atoms with E-state index in [0.717, 1.165) is 15.6 Å². The highest BCUT2D eigenvalue weighted by atomic mass is 79.9. The first-order valence-corrected chi connectivity index (χ1v) is 8.21. The van der Waals surface area contributed by atoms with Crippen molar-refractivity contribution in [3.05, 3.63) is 81.0 Å². The fourth-order valence-electron chi connectivity index (χ4n) is 2.40. The van der Waals surface area contributed by atoms with Gasteiger partial charge in [-0.1, -0.05) is 51.8 Å². The van der Waals surface area contributed by atoms with Crippen LogP contribution < -0.4 is 0 Å². The van der Waals surface area contributed by atoms with Crippen LogP contribution in [0.3, 0.4) is 0 Å². The van der Waals surface area contributed by atoms with E-state index < -0.39 is 0 Å². The van der Waals surface area contributed by atoms with Crippen molar-refractivity contribution in [3.8, 4) is 0 Å². The number of nitrogens with zero attached hydrogens (tertiary/aromatic N) is 2. The van der Waals surface area contributed by atoms with E-state index in [-0.39, 0.29) is 0 Å². The molecule has 0 aliphatic carbocycles. The normalized spacial score (nSPS) is 11.3. The average Bonchev–Trinajstić information content (AvgIpc) is 2.94. The summed E-state index contributed by atoms with van der Waals surface area (Å²) in [5.41, 5.74) is 4.78. The lowest BCUT2D eigenvalue weighted by atomic mass is 10.1. The monoisotopic (exact) mass is 368 g/mol. The maximum Gasteiger partial charge on any atom is 0.240 e. The van der Waals surface area contributed by atoms with Crippen molar-refractivity contribution >= 4 is 28.1 Å². The molecule has 3 nitrogen and oxygen atoms in total. The van der Waals surface area contributed by atoms with E-state index in [4.69, 9.17) is 4.42 Å². The zero-order valence-electron chi connectivity index (χ0n) is 13.1. The summed E-state index contributed by atoms with van der Waals surface area (Å²) in [4.78, 5) is 0. The molecule has 0 radical (unpaired) electrons. The van der Waals surface area contributed by atoms with Crippen molar-refractivity contribution in [3.63, 3.8) is 0 Å². The van der Waals surface area contributed by atoms with Gasteiger partial charge in [-0.15, -0.1) is 10.2 Å². The van der Waals surface area contributed by atoms with Gasteiger partial charge in [0.1, 0.15) is 0 Å². The summed E-state index contributed by atoms with van der Waals surface area (Å²) in [7, 11) is 0. The third-order valence-electron chi connectivity index (χ3n) is 3.56. The zero-order chi connectivity index (χ0) is 16.2. The van der Waals surface area contributed by atoms with Crippen molar-refractivity contribution in [2.24, 2.45) is 0 Å². The molecule has 3 aromatic rings. The fraction of sp³-hybridized carbons (Fsp3) is 0.158. The van der Waals surface area contributed by atoms with Gasteiger partial charge in [-0.2, -0.15) is 0 Å². The molecule has 0 saturated carbocycles. The van der Waals surface area contributed by atoms with E-state index in [0.29, 0.717) is 18.2 Å². The topological polar surface area (TPSA) is 38.9 Å². The van der Waals surface area contributed by atoms with E-state index in [1.807, 2.05) is 30.4 Å². The van der Waals surface area contributed by atoms with Crippen LogP contribution in [0.2, 0.25) is 0 Å². The number of hydrogen-bond donors (Lipinski definition) is 0. The average molecular weight is 369 g/mol. The van der Waals surface area contributed by atoms with Crippen LogP contribution in [-0.2, 0) is 6.42 Å². The van der Waals surface area contributed by atoms with Crippen LogP contribution in [0.4, 0.5) is 0 Å². The van der Waals surface area contributed by atoms with Crippen molar-refractivity contribution < 1.29 is 4.42 Å². The smallest absolute Gasteiger partial charge is 0.240 e. The van der Waals surface area contributed by atoms with Gasteiger partial charge >= 0.3 is 0 Å². The summed E-state index contributed by atoms with van der Waals surface area (Å²) < 4.78 is 6.73. The molecule has 116 valence electrons. The van der Waals surface area contributed by atoms with E-state index >= 15 is 0 Å². The summed E-state index contributed by atoms with van der Waals surface area (Å²) in [6, 6.07) is 14.4. The SMILES string of the molecule is Cc1ccc(/C=C/c2nnc(Cc3cccc(Br)c3)o2)c(C)c1. The van der Waals surface area contributed by atoms with Crippen LogP contribution in [0.15, 0.2) is 51.4 Å². The Labute approximate surface area is 144 Å². The minimum atomic E-state index is 0.523. The predicted octanol–water partition coefficient (Wildman–Crippen LogP) is 5.21. The lowest BCUT2D eigenvalue weighted by molar-refractivity contribution is 0.496. The summed E-state index contributed by atoms with van der Waals surface area (Å²) in [5, 5.41) is 8.19. The first kappa shape index (κ1) is 15.7. The third kappa shape index (κ3) is 4.17. The van der Waals surface area contributed by atoms with Crippen LogP contribution in [0.25, 0.3) is 12.2 Å². The summed E-state index contributed by atoms with van der Waals surface area (Å²) in [6.45, 7) is 4.19. The first-order chi connectivity index (χ1) is 11.1. The maximum absolute atomic E-state index is 5.69. The molecule has 3 rings (SSSR count). The number of halogens is 1. The van der Waals surface area contributed by atoms with Crippen LogP contribution in [0, 0.1) is 13.8 Å². The van der Waals surface area contributed by atoms with E-state index in [1.54, 1.807) is 0 Å². The highest BCUT2D eigenvalue weighted by Crippen LogP contribution is 2.17. The molecule has 23 heavy (non-hydrogen) atoms. The standard InChI is InChI=1S/C19H17BrN2O/c1-13-6-7-16(14(2)10-13)8-9-18-21-22-19(23-18)12-15-4-3-5-17(20)11-15/h3-11H,12H2,1-2H3/b9-8+. The van der Waals surface area contributed by atoms with Crippen LogP contribution in [0.5, 0.6) is 0 Å². The highest BCUT2D eigenvalue weighted by molar-refractivity contribution is 9.10. The first-order valence-electron chi connectivity index (χ1n) is 7.42. The molecule has 1 aromatic heterocycles. The number of rotatable bonds is 4. The molecule has 4 heteroatoms. The second-order valence-corrected chi connectivity index (χ2v) is 6.45. The number of aromatic nitrogens is 2. The molecule has 0 aliphatic heterocycles. The minimum Gasteiger partial charge on any atom is -0.421 e. The molecule has 0 amide bonds. The molecular weight excluding hydrogens is 352 g/mol. The Morgan fingerprint density at radius 3 is 2.70 bits per heavy atom.